The minimum absolute atomic E-state index is 0.0149. The lowest BCUT2D eigenvalue weighted by Crippen LogP contribution is -2.65. The Morgan fingerprint density at radius 3 is 2.63 bits per heavy atom. The zero-order valence-electron chi connectivity index (χ0n) is 23.1. The molecule has 3 saturated carbocycles. The fourth-order valence-electron chi connectivity index (χ4n) is 9.74. The van der Waals surface area contributed by atoms with Gasteiger partial charge in [0.2, 0.25) is 5.79 Å². The van der Waals surface area contributed by atoms with Crippen LogP contribution in [0.3, 0.4) is 0 Å². The van der Waals surface area contributed by atoms with E-state index in [0.717, 1.165) is 19.3 Å². The van der Waals surface area contributed by atoms with Crippen LogP contribution in [0.25, 0.3) is 10.4 Å². The van der Waals surface area contributed by atoms with E-state index in [0.29, 0.717) is 25.7 Å². The van der Waals surface area contributed by atoms with Crippen molar-refractivity contribution in [2.75, 3.05) is 6.61 Å². The first kappa shape index (κ1) is 26.0. The molecule has 10 atom stereocenters. The molecule has 0 aromatic heterocycles. The van der Waals surface area contributed by atoms with Gasteiger partial charge in [0, 0.05) is 37.0 Å². The molecule has 2 heterocycles. The van der Waals surface area contributed by atoms with E-state index in [1.165, 1.54) is 12.5 Å². The number of esters is 1. The first-order valence-electron chi connectivity index (χ1n) is 14.2. The zero-order valence-corrected chi connectivity index (χ0v) is 23.1. The summed E-state index contributed by atoms with van der Waals surface area (Å²) in [5, 5.41) is 3.84. The molecule has 0 unspecified atom stereocenters. The minimum atomic E-state index is -1.07. The summed E-state index contributed by atoms with van der Waals surface area (Å²) < 4.78 is 19.0. The van der Waals surface area contributed by atoms with Gasteiger partial charge in [0.1, 0.15) is 11.6 Å². The van der Waals surface area contributed by atoms with Crippen LogP contribution < -0.4 is 0 Å². The first-order chi connectivity index (χ1) is 17.9. The molecular weight excluding hydrogens is 486 g/mol. The number of rotatable bonds is 2. The third kappa shape index (κ3) is 3.37. The van der Waals surface area contributed by atoms with Crippen LogP contribution in [0.1, 0.15) is 79.6 Å². The summed E-state index contributed by atoms with van der Waals surface area (Å²) in [6, 6.07) is -0.643. The molecule has 2 saturated heterocycles. The SMILES string of the molecule is CC(=O)O[C@@H]1CC(C)(C)O[C@@]12OC[C@]13C(=O)C[C@H]4[C@@H](CC[C@H]5CC(=O)[C@H](N=[N+]=[N-])C[C@@]54C)C1=CC[C@@H]3[C@@H]2C. The van der Waals surface area contributed by atoms with E-state index < -0.39 is 28.9 Å². The minimum Gasteiger partial charge on any atom is -0.457 e. The van der Waals surface area contributed by atoms with Crippen molar-refractivity contribution in [3.05, 3.63) is 22.1 Å². The second-order valence-electron chi connectivity index (χ2n) is 13.7. The molecule has 4 aliphatic carbocycles. The van der Waals surface area contributed by atoms with Gasteiger partial charge in [-0.2, -0.15) is 0 Å². The molecule has 0 radical (unpaired) electrons. The van der Waals surface area contributed by atoms with Crippen molar-refractivity contribution in [1.29, 1.82) is 0 Å². The number of carbonyl (C=O) groups excluding carboxylic acids is 3. The van der Waals surface area contributed by atoms with Gasteiger partial charge in [-0.25, -0.2) is 0 Å². The number of Topliss-reactive ketones (excluding diaryl/α,β-unsaturated/α-hetero) is 2. The molecule has 9 heteroatoms. The first-order valence-corrected chi connectivity index (χ1v) is 14.2. The highest BCUT2D eigenvalue weighted by Crippen LogP contribution is 2.68. The van der Waals surface area contributed by atoms with Gasteiger partial charge in [-0.3, -0.25) is 14.4 Å². The number of allylic oxidation sites excluding steroid dienone is 1. The fraction of sp³-hybridized carbons (Fsp3) is 0.828. The maximum atomic E-state index is 14.3. The summed E-state index contributed by atoms with van der Waals surface area (Å²) >= 11 is 0. The average Bonchev–Trinajstić information content (AvgIpc) is 3.35. The molecular formula is C29H39N3O6. The summed E-state index contributed by atoms with van der Waals surface area (Å²) in [4.78, 5) is 41.9. The van der Waals surface area contributed by atoms with Gasteiger partial charge in [0.25, 0.3) is 0 Å². The Bertz CT molecular complexity index is 1170. The Morgan fingerprint density at radius 2 is 1.92 bits per heavy atom. The molecule has 6 aliphatic rings. The Hall–Kier alpha value is -2.22. The number of carbonyl (C=O) groups is 3. The number of hydrogen-bond donors (Lipinski definition) is 0. The monoisotopic (exact) mass is 525 g/mol. The number of hydrogen-bond acceptors (Lipinski definition) is 7. The molecule has 206 valence electrons. The maximum Gasteiger partial charge on any atom is 0.303 e. The number of ketones is 2. The number of azide groups is 1. The zero-order chi connectivity index (χ0) is 27.3. The van der Waals surface area contributed by atoms with Gasteiger partial charge in [0.15, 0.2) is 6.10 Å². The third-order valence-electron chi connectivity index (χ3n) is 11.4. The van der Waals surface area contributed by atoms with Gasteiger partial charge in [-0.15, -0.1) is 0 Å². The van der Waals surface area contributed by atoms with E-state index in [1.807, 2.05) is 13.8 Å². The van der Waals surface area contributed by atoms with Crippen molar-refractivity contribution in [1.82, 2.24) is 0 Å². The van der Waals surface area contributed by atoms with Crippen LogP contribution in [-0.4, -0.2) is 47.7 Å². The van der Waals surface area contributed by atoms with Crippen LogP contribution in [0.5, 0.6) is 0 Å². The van der Waals surface area contributed by atoms with Crippen molar-refractivity contribution in [3.63, 3.8) is 0 Å². The summed E-state index contributed by atoms with van der Waals surface area (Å²) in [6.45, 7) is 9.94. The highest BCUT2D eigenvalue weighted by atomic mass is 16.7. The number of ether oxygens (including phenoxy) is 3. The normalized spacial score (nSPS) is 48.8. The maximum absolute atomic E-state index is 14.3. The highest BCUT2D eigenvalue weighted by molar-refractivity contribution is 5.91. The Labute approximate surface area is 223 Å². The molecule has 2 spiro atoms. The third-order valence-corrected chi connectivity index (χ3v) is 11.4. The van der Waals surface area contributed by atoms with E-state index >= 15 is 0 Å². The van der Waals surface area contributed by atoms with Crippen LogP contribution in [0.15, 0.2) is 16.8 Å². The molecule has 6 rings (SSSR count). The van der Waals surface area contributed by atoms with Crippen molar-refractivity contribution in [3.8, 4) is 0 Å². The molecule has 2 aliphatic heterocycles. The number of nitrogens with zero attached hydrogens (tertiary/aromatic N) is 3. The van der Waals surface area contributed by atoms with E-state index in [9.17, 15) is 14.4 Å². The fourth-order valence-corrected chi connectivity index (χ4v) is 9.74. The van der Waals surface area contributed by atoms with Crippen LogP contribution >= 0.6 is 0 Å². The van der Waals surface area contributed by atoms with E-state index in [4.69, 9.17) is 19.7 Å². The largest absolute Gasteiger partial charge is 0.457 e. The summed E-state index contributed by atoms with van der Waals surface area (Å²) in [5.74, 6) is -0.732. The van der Waals surface area contributed by atoms with E-state index in [1.54, 1.807) is 0 Å². The van der Waals surface area contributed by atoms with Crippen LogP contribution in [-0.2, 0) is 28.6 Å². The molecule has 5 fully saturated rings. The van der Waals surface area contributed by atoms with Gasteiger partial charge >= 0.3 is 5.97 Å². The lowest BCUT2D eigenvalue weighted by molar-refractivity contribution is -0.337. The lowest BCUT2D eigenvalue weighted by Gasteiger charge is -2.61. The molecule has 9 nitrogen and oxygen atoms in total. The van der Waals surface area contributed by atoms with Gasteiger partial charge < -0.3 is 14.2 Å². The number of fused-ring (bicyclic) bond motifs is 4. The summed E-state index contributed by atoms with van der Waals surface area (Å²) in [7, 11) is 0. The topological polar surface area (TPSA) is 128 Å². The smallest absolute Gasteiger partial charge is 0.303 e. The molecule has 0 N–H and O–H groups in total. The summed E-state index contributed by atoms with van der Waals surface area (Å²) in [6.07, 6.45) is 6.37. The van der Waals surface area contributed by atoms with Gasteiger partial charge in [-0.05, 0) is 74.1 Å². The molecule has 0 aromatic rings. The highest BCUT2D eigenvalue weighted by Gasteiger charge is 2.71. The van der Waals surface area contributed by atoms with E-state index in [-0.39, 0.29) is 59.1 Å². The standard InChI is InChI=1S/C29H39N3O6/c1-15-19-8-9-20-18-7-6-17-10-23(34)22(31-32-30)12-27(17,5)21(18)11-24(35)28(19,20)14-36-29(15)25(37-16(2)33)13-26(3,4)38-29/h9,15,17-19,21-22,25H,6-8,10-14H2,1-5H3/t15-,17-,18-,19+,21-,22+,25+,27-,28+,29+/m0/s1. The van der Waals surface area contributed by atoms with Crippen molar-refractivity contribution in [2.45, 2.75) is 103 Å². The Morgan fingerprint density at radius 1 is 1.16 bits per heavy atom. The Kier molecular flexibility index (Phi) is 5.75. The molecule has 0 bridgehead atoms. The van der Waals surface area contributed by atoms with Crippen LogP contribution in [0.4, 0.5) is 0 Å². The molecule has 38 heavy (non-hydrogen) atoms. The van der Waals surface area contributed by atoms with Crippen LogP contribution in [0, 0.1) is 40.4 Å². The van der Waals surface area contributed by atoms with Crippen molar-refractivity contribution < 1.29 is 28.6 Å². The van der Waals surface area contributed by atoms with Crippen molar-refractivity contribution in [2.24, 2.45) is 45.5 Å². The lowest BCUT2D eigenvalue weighted by atomic mass is 9.44. The second kappa shape index (κ2) is 8.39. The second-order valence-corrected chi connectivity index (χ2v) is 13.7. The van der Waals surface area contributed by atoms with Crippen LogP contribution in [0.2, 0.25) is 0 Å². The Balaban J connectivity index is 1.32. The predicted octanol–water partition coefficient (Wildman–Crippen LogP) is 5.08. The predicted molar refractivity (Wildman–Crippen MR) is 136 cm³/mol. The average molecular weight is 526 g/mol. The summed E-state index contributed by atoms with van der Waals surface area (Å²) in [5.41, 5.74) is 8.84. The molecule has 0 amide bonds. The molecule has 0 aromatic carbocycles. The quantitative estimate of drug-likeness (QED) is 0.163. The van der Waals surface area contributed by atoms with Gasteiger partial charge in [-0.1, -0.05) is 30.6 Å². The van der Waals surface area contributed by atoms with Crippen molar-refractivity contribution >= 4 is 17.5 Å². The van der Waals surface area contributed by atoms with E-state index in [2.05, 4.69) is 29.9 Å². The van der Waals surface area contributed by atoms with Gasteiger partial charge in [0.05, 0.1) is 23.7 Å².